The first-order valence-corrected chi connectivity index (χ1v) is 14.5. The van der Waals surface area contributed by atoms with E-state index in [0.717, 1.165) is 41.0 Å². The molecule has 0 spiro atoms. The van der Waals surface area contributed by atoms with Crippen molar-refractivity contribution in [3.05, 3.63) is 98.4 Å². The molecule has 2 amide bonds. The van der Waals surface area contributed by atoms with Crippen molar-refractivity contribution in [1.82, 2.24) is 4.98 Å². The van der Waals surface area contributed by atoms with E-state index in [0.29, 0.717) is 45.9 Å². The lowest BCUT2D eigenvalue weighted by molar-refractivity contribution is 0.0531. The fraction of sp³-hybridized carbons (Fsp3) is 0.226. The normalized spacial score (nSPS) is 13.6. The molecule has 7 nitrogen and oxygen atoms in total. The number of halogens is 2. The summed E-state index contributed by atoms with van der Waals surface area (Å²) in [5, 5.41) is 3.00. The highest BCUT2D eigenvalue weighted by Crippen LogP contribution is 2.42. The van der Waals surface area contributed by atoms with Gasteiger partial charge in [-0.2, -0.15) is 0 Å². The maximum Gasteiger partial charge on any atom is 0.348 e. The van der Waals surface area contributed by atoms with Crippen LogP contribution in [0.1, 0.15) is 60.6 Å². The second-order valence-electron chi connectivity index (χ2n) is 9.87. The predicted octanol–water partition coefficient (Wildman–Crippen LogP) is 6.72. The van der Waals surface area contributed by atoms with Crippen molar-refractivity contribution in [3.63, 3.8) is 0 Å². The standard InChI is InChI=1S/C31H25ClFN3O4S/c1-2-40-31(39)26-15-19-12-13-36(25-16-20(33)8-11-22(25)27(19)41-26)30(38)17-6-9-21(10-7-17)34-29(37)23-14-18-4-3-5-24(18)35-28(23)32/h6-11,14-16H,2-5,12-13H2,1H3,(H,34,37). The van der Waals surface area contributed by atoms with E-state index in [1.165, 1.54) is 23.5 Å². The van der Waals surface area contributed by atoms with E-state index in [2.05, 4.69) is 10.3 Å². The molecule has 1 aliphatic heterocycles. The van der Waals surface area contributed by atoms with Crippen molar-refractivity contribution in [2.24, 2.45) is 0 Å². The van der Waals surface area contributed by atoms with E-state index < -0.39 is 11.8 Å². The van der Waals surface area contributed by atoms with Gasteiger partial charge in [-0.15, -0.1) is 11.3 Å². The summed E-state index contributed by atoms with van der Waals surface area (Å²) in [6, 6.07) is 14.5. The van der Waals surface area contributed by atoms with Crippen LogP contribution in [0.5, 0.6) is 0 Å². The number of fused-ring (bicyclic) bond motifs is 4. The number of carbonyl (C=O) groups is 3. The number of aryl methyl sites for hydroxylation is 2. The Bertz CT molecular complexity index is 1700. The molecule has 0 bridgehead atoms. The number of aromatic nitrogens is 1. The molecule has 0 radical (unpaired) electrons. The van der Waals surface area contributed by atoms with Crippen LogP contribution in [0.25, 0.3) is 10.4 Å². The van der Waals surface area contributed by atoms with Crippen molar-refractivity contribution in [2.75, 3.05) is 23.4 Å². The van der Waals surface area contributed by atoms with Crippen LogP contribution in [-0.4, -0.2) is 35.9 Å². The third kappa shape index (κ3) is 5.23. The van der Waals surface area contributed by atoms with Crippen LogP contribution >= 0.6 is 22.9 Å². The first-order chi connectivity index (χ1) is 19.8. The van der Waals surface area contributed by atoms with Gasteiger partial charge in [0.1, 0.15) is 15.8 Å². The van der Waals surface area contributed by atoms with Crippen LogP contribution in [-0.2, 0) is 24.0 Å². The molecule has 0 atom stereocenters. The summed E-state index contributed by atoms with van der Waals surface area (Å²) >= 11 is 7.56. The van der Waals surface area contributed by atoms with Crippen molar-refractivity contribution in [1.29, 1.82) is 0 Å². The maximum absolute atomic E-state index is 14.4. The zero-order valence-electron chi connectivity index (χ0n) is 22.1. The Hall–Kier alpha value is -4.08. The van der Waals surface area contributed by atoms with E-state index in [1.54, 1.807) is 54.3 Å². The fourth-order valence-corrected chi connectivity index (χ4v) is 6.67. The number of anilines is 2. The molecule has 0 fully saturated rings. The van der Waals surface area contributed by atoms with Crippen molar-refractivity contribution in [2.45, 2.75) is 32.6 Å². The number of thiophene rings is 1. The highest BCUT2D eigenvalue weighted by Gasteiger charge is 2.28. The topological polar surface area (TPSA) is 88.6 Å². The lowest BCUT2D eigenvalue weighted by Gasteiger charge is -2.23. The molecule has 1 N–H and O–H groups in total. The minimum absolute atomic E-state index is 0.171. The quantitative estimate of drug-likeness (QED) is 0.206. The summed E-state index contributed by atoms with van der Waals surface area (Å²) in [6.45, 7) is 2.32. The molecule has 41 heavy (non-hydrogen) atoms. The molecule has 208 valence electrons. The molecule has 4 aromatic rings. The molecule has 2 aliphatic rings. The van der Waals surface area contributed by atoms with E-state index in [-0.39, 0.29) is 23.6 Å². The lowest BCUT2D eigenvalue weighted by Crippen LogP contribution is -2.32. The average Bonchev–Trinajstić information content (AvgIpc) is 3.57. The number of hydrogen-bond donors (Lipinski definition) is 1. The fourth-order valence-electron chi connectivity index (χ4n) is 5.29. The Kier molecular flexibility index (Phi) is 7.32. The lowest BCUT2D eigenvalue weighted by atomic mass is 10.1. The zero-order chi connectivity index (χ0) is 28.7. The van der Waals surface area contributed by atoms with Crippen LogP contribution in [0, 0.1) is 5.82 Å². The maximum atomic E-state index is 14.4. The molecular formula is C31H25ClFN3O4S. The van der Waals surface area contributed by atoms with Crippen LogP contribution < -0.4 is 10.2 Å². The molecule has 10 heteroatoms. The summed E-state index contributed by atoms with van der Waals surface area (Å²) in [7, 11) is 0. The predicted molar refractivity (Wildman–Crippen MR) is 157 cm³/mol. The average molecular weight is 590 g/mol. The van der Waals surface area contributed by atoms with Gasteiger partial charge in [-0.05, 0) is 98.3 Å². The third-order valence-corrected chi connectivity index (χ3v) is 8.75. The molecular weight excluding hydrogens is 565 g/mol. The Morgan fingerprint density at radius 1 is 1.05 bits per heavy atom. The van der Waals surface area contributed by atoms with Crippen LogP contribution in [0.15, 0.2) is 54.6 Å². The van der Waals surface area contributed by atoms with Gasteiger partial charge in [-0.1, -0.05) is 11.6 Å². The van der Waals surface area contributed by atoms with Crippen LogP contribution in [0.3, 0.4) is 0 Å². The number of pyridine rings is 1. The number of nitrogens with one attached hydrogen (secondary N) is 1. The van der Waals surface area contributed by atoms with Gasteiger partial charge >= 0.3 is 5.97 Å². The van der Waals surface area contributed by atoms with E-state index in [1.807, 2.05) is 0 Å². The number of hydrogen-bond acceptors (Lipinski definition) is 6. The smallest absolute Gasteiger partial charge is 0.348 e. The molecule has 1 aliphatic carbocycles. The number of rotatable bonds is 5. The highest BCUT2D eigenvalue weighted by molar-refractivity contribution is 7.17. The zero-order valence-corrected chi connectivity index (χ0v) is 23.7. The van der Waals surface area contributed by atoms with Gasteiger partial charge in [0.15, 0.2) is 0 Å². The highest BCUT2D eigenvalue weighted by atomic mass is 35.5. The van der Waals surface area contributed by atoms with Gasteiger partial charge in [0.2, 0.25) is 0 Å². The third-order valence-electron chi connectivity index (χ3n) is 7.27. The number of esters is 1. The number of benzene rings is 2. The SMILES string of the molecule is CCOC(=O)c1cc2c(s1)-c1ccc(F)cc1N(C(=O)c1ccc(NC(=O)c3cc4c(nc3Cl)CCC4)cc1)CC2. The monoisotopic (exact) mass is 589 g/mol. The minimum Gasteiger partial charge on any atom is -0.462 e. The van der Waals surface area contributed by atoms with E-state index >= 15 is 0 Å². The molecule has 0 saturated carbocycles. The Morgan fingerprint density at radius 3 is 2.63 bits per heavy atom. The van der Waals surface area contributed by atoms with Crippen LogP contribution in [0.4, 0.5) is 15.8 Å². The van der Waals surface area contributed by atoms with Gasteiger partial charge in [-0.25, -0.2) is 14.2 Å². The Balaban J connectivity index is 1.24. The number of ether oxygens (including phenoxy) is 1. The van der Waals surface area contributed by atoms with Gasteiger partial charge in [0.25, 0.3) is 11.8 Å². The molecule has 0 unspecified atom stereocenters. The van der Waals surface area contributed by atoms with Gasteiger partial charge in [-0.3, -0.25) is 9.59 Å². The van der Waals surface area contributed by atoms with Crippen molar-refractivity contribution < 1.29 is 23.5 Å². The second-order valence-corrected chi connectivity index (χ2v) is 11.3. The van der Waals surface area contributed by atoms with Crippen molar-refractivity contribution >= 4 is 52.1 Å². The van der Waals surface area contributed by atoms with E-state index in [4.69, 9.17) is 16.3 Å². The number of nitrogens with zero attached hydrogens (tertiary/aromatic N) is 2. The summed E-state index contributed by atoms with van der Waals surface area (Å²) in [6.07, 6.45) is 3.22. The molecule has 2 aromatic carbocycles. The largest absolute Gasteiger partial charge is 0.462 e. The van der Waals surface area contributed by atoms with Gasteiger partial charge in [0, 0.05) is 33.9 Å². The summed E-state index contributed by atoms with van der Waals surface area (Å²) in [4.78, 5) is 46.2. The first kappa shape index (κ1) is 27.1. The molecule has 2 aromatic heterocycles. The number of amides is 2. The molecule has 6 rings (SSSR count). The van der Waals surface area contributed by atoms with E-state index in [9.17, 15) is 18.8 Å². The van der Waals surface area contributed by atoms with Gasteiger partial charge < -0.3 is 15.0 Å². The minimum atomic E-state index is -0.468. The Labute approximate surface area is 244 Å². The van der Waals surface area contributed by atoms with Crippen molar-refractivity contribution in [3.8, 4) is 10.4 Å². The summed E-state index contributed by atoms with van der Waals surface area (Å²) < 4.78 is 19.6. The Morgan fingerprint density at radius 2 is 1.85 bits per heavy atom. The number of carbonyl (C=O) groups excluding carboxylic acids is 3. The summed E-state index contributed by atoms with van der Waals surface area (Å²) in [5.74, 6) is -1.54. The molecule has 3 heterocycles. The first-order valence-electron chi connectivity index (χ1n) is 13.3. The van der Waals surface area contributed by atoms with Crippen LogP contribution in [0.2, 0.25) is 5.15 Å². The van der Waals surface area contributed by atoms with Gasteiger partial charge in [0.05, 0.1) is 17.9 Å². The second kappa shape index (κ2) is 11.1. The molecule has 0 saturated heterocycles. The summed E-state index contributed by atoms with van der Waals surface area (Å²) in [5.41, 5.74) is 5.19.